The standard InChI is InChI=1S/C17H23N7O/c1-17(2,3)12-9-19-15(25-12)11-21-16(18-4)20-10-14-23-22-13-7-5-6-8-24(13)14/h5-9H,10-11H2,1-4H3,(H2,18,20,21). The van der Waals surface area contributed by atoms with Crippen LogP contribution in [-0.2, 0) is 18.5 Å². The highest BCUT2D eigenvalue weighted by Crippen LogP contribution is 2.22. The summed E-state index contributed by atoms with van der Waals surface area (Å²) < 4.78 is 7.70. The number of aromatic nitrogens is 4. The average Bonchev–Trinajstić information content (AvgIpc) is 3.22. The molecule has 132 valence electrons. The van der Waals surface area contributed by atoms with Crippen LogP contribution in [0, 0.1) is 0 Å². The number of aliphatic imine (C=N–C) groups is 1. The van der Waals surface area contributed by atoms with Crippen LogP contribution in [0.3, 0.4) is 0 Å². The Morgan fingerprint density at radius 1 is 1.20 bits per heavy atom. The fraction of sp³-hybridized carbons (Fsp3) is 0.412. The third kappa shape index (κ3) is 3.96. The molecule has 0 aromatic carbocycles. The lowest BCUT2D eigenvalue weighted by Gasteiger charge is -2.13. The first kappa shape index (κ1) is 16.9. The van der Waals surface area contributed by atoms with Gasteiger partial charge in [0.1, 0.15) is 5.76 Å². The highest BCUT2D eigenvalue weighted by molar-refractivity contribution is 5.79. The van der Waals surface area contributed by atoms with Crippen molar-refractivity contribution in [2.75, 3.05) is 7.05 Å². The van der Waals surface area contributed by atoms with E-state index in [0.29, 0.717) is 24.9 Å². The molecule has 0 radical (unpaired) electrons. The minimum absolute atomic E-state index is 0.0556. The van der Waals surface area contributed by atoms with Crippen molar-refractivity contribution in [3.8, 4) is 0 Å². The molecule has 0 spiro atoms. The number of oxazole rings is 1. The monoisotopic (exact) mass is 341 g/mol. The summed E-state index contributed by atoms with van der Waals surface area (Å²) >= 11 is 0. The van der Waals surface area contributed by atoms with Crippen molar-refractivity contribution in [3.63, 3.8) is 0 Å². The molecule has 0 aliphatic rings. The van der Waals surface area contributed by atoms with Gasteiger partial charge in [-0.2, -0.15) is 0 Å². The maximum Gasteiger partial charge on any atom is 0.213 e. The minimum atomic E-state index is -0.0556. The molecule has 0 saturated carbocycles. The zero-order valence-corrected chi connectivity index (χ0v) is 14.9. The molecule has 25 heavy (non-hydrogen) atoms. The van der Waals surface area contributed by atoms with Gasteiger partial charge in [0.2, 0.25) is 5.89 Å². The second-order valence-electron chi connectivity index (χ2n) is 6.69. The van der Waals surface area contributed by atoms with Crippen LogP contribution in [0.2, 0.25) is 0 Å². The third-order valence-electron chi connectivity index (χ3n) is 3.72. The van der Waals surface area contributed by atoms with E-state index in [0.717, 1.165) is 17.2 Å². The lowest BCUT2D eigenvalue weighted by Crippen LogP contribution is -2.36. The Morgan fingerprint density at radius 3 is 2.72 bits per heavy atom. The second-order valence-corrected chi connectivity index (χ2v) is 6.69. The molecule has 0 bridgehead atoms. The zero-order chi connectivity index (χ0) is 17.9. The normalized spacial score (nSPS) is 12.6. The van der Waals surface area contributed by atoms with E-state index in [-0.39, 0.29) is 5.41 Å². The number of nitrogens with zero attached hydrogens (tertiary/aromatic N) is 5. The van der Waals surface area contributed by atoms with E-state index < -0.39 is 0 Å². The average molecular weight is 341 g/mol. The molecule has 3 aromatic rings. The van der Waals surface area contributed by atoms with Gasteiger partial charge in [-0.05, 0) is 12.1 Å². The van der Waals surface area contributed by atoms with Crippen LogP contribution < -0.4 is 10.6 Å². The number of nitrogens with one attached hydrogen (secondary N) is 2. The molecule has 0 unspecified atom stereocenters. The molecule has 0 saturated heterocycles. The second kappa shape index (κ2) is 6.92. The summed E-state index contributed by atoms with van der Waals surface area (Å²) in [7, 11) is 1.72. The Labute approximate surface area is 146 Å². The van der Waals surface area contributed by atoms with Gasteiger partial charge in [-0.25, -0.2) is 4.98 Å². The van der Waals surface area contributed by atoms with Crippen LogP contribution in [0.1, 0.15) is 38.2 Å². The number of rotatable bonds is 4. The van der Waals surface area contributed by atoms with Crippen molar-refractivity contribution in [1.82, 2.24) is 30.2 Å². The third-order valence-corrected chi connectivity index (χ3v) is 3.72. The van der Waals surface area contributed by atoms with E-state index in [1.165, 1.54) is 0 Å². The molecular formula is C17H23N7O. The van der Waals surface area contributed by atoms with E-state index in [2.05, 4.69) is 51.6 Å². The molecular weight excluding hydrogens is 318 g/mol. The van der Waals surface area contributed by atoms with E-state index in [4.69, 9.17) is 4.42 Å². The predicted octanol–water partition coefficient (Wildman–Crippen LogP) is 1.88. The first-order valence-electron chi connectivity index (χ1n) is 8.16. The smallest absolute Gasteiger partial charge is 0.213 e. The summed E-state index contributed by atoms with van der Waals surface area (Å²) in [5.41, 5.74) is 0.761. The predicted molar refractivity (Wildman–Crippen MR) is 95.2 cm³/mol. The zero-order valence-electron chi connectivity index (χ0n) is 14.9. The summed E-state index contributed by atoms with van der Waals surface area (Å²) in [4.78, 5) is 8.51. The Morgan fingerprint density at radius 2 is 2.00 bits per heavy atom. The van der Waals surface area contributed by atoms with Crippen molar-refractivity contribution >= 4 is 11.6 Å². The van der Waals surface area contributed by atoms with E-state index in [1.807, 2.05) is 28.8 Å². The molecule has 8 nitrogen and oxygen atoms in total. The number of fused-ring (bicyclic) bond motifs is 1. The van der Waals surface area contributed by atoms with E-state index >= 15 is 0 Å². The number of hydrogen-bond donors (Lipinski definition) is 2. The molecule has 3 aromatic heterocycles. The first-order valence-corrected chi connectivity index (χ1v) is 8.16. The summed E-state index contributed by atoms with van der Waals surface area (Å²) in [6.07, 6.45) is 3.71. The Kier molecular flexibility index (Phi) is 4.69. The van der Waals surface area contributed by atoms with Crippen molar-refractivity contribution in [1.29, 1.82) is 0 Å². The van der Waals surface area contributed by atoms with Crippen LogP contribution in [-0.4, -0.2) is 32.6 Å². The fourth-order valence-electron chi connectivity index (χ4n) is 2.29. The van der Waals surface area contributed by atoms with Crippen LogP contribution in [0.5, 0.6) is 0 Å². The molecule has 2 N–H and O–H groups in total. The van der Waals surface area contributed by atoms with Gasteiger partial charge in [-0.15, -0.1) is 10.2 Å². The fourth-order valence-corrected chi connectivity index (χ4v) is 2.29. The van der Waals surface area contributed by atoms with Gasteiger partial charge < -0.3 is 15.1 Å². The maximum absolute atomic E-state index is 5.77. The van der Waals surface area contributed by atoms with Crippen molar-refractivity contribution in [3.05, 3.63) is 48.1 Å². The molecule has 0 atom stereocenters. The van der Waals surface area contributed by atoms with Gasteiger partial charge in [-0.1, -0.05) is 26.8 Å². The van der Waals surface area contributed by atoms with Crippen LogP contribution in [0.15, 0.2) is 40.0 Å². The van der Waals surface area contributed by atoms with Gasteiger partial charge in [0.15, 0.2) is 17.4 Å². The van der Waals surface area contributed by atoms with Crippen LogP contribution in [0.4, 0.5) is 0 Å². The van der Waals surface area contributed by atoms with Crippen molar-refractivity contribution in [2.45, 2.75) is 39.3 Å². The molecule has 0 fully saturated rings. The van der Waals surface area contributed by atoms with Gasteiger partial charge in [0, 0.05) is 18.7 Å². The SMILES string of the molecule is CN=C(NCc1ncc(C(C)(C)C)o1)NCc1nnc2ccccn12. The Hall–Kier alpha value is -2.90. The summed E-state index contributed by atoms with van der Waals surface area (Å²) in [5, 5.41) is 14.7. The molecule has 0 amide bonds. The highest BCUT2D eigenvalue weighted by atomic mass is 16.4. The van der Waals surface area contributed by atoms with E-state index in [9.17, 15) is 0 Å². The summed E-state index contributed by atoms with van der Waals surface area (Å²) in [5.74, 6) is 2.94. The van der Waals surface area contributed by atoms with Crippen molar-refractivity contribution in [2.24, 2.45) is 4.99 Å². The van der Waals surface area contributed by atoms with Gasteiger partial charge in [0.25, 0.3) is 0 Å². The number of guanidine groups is 1. The van der Waals surface area contributed by atoms with Crippen LogP contribution in [0.25, 0.3) is 5.65 Å². The maximum atomic E-state index is 5.77. The highest BCUT2D eigenvalue weighted by Gasteiger charge is 2.19. The lowest BCUT2D eigenvalue weighted by atomic mass is 9.94. The Bertz CT molecular complexity index is 872. The van der Waals surface area contributed by atoms with Crippen molar-refractivity contribution < 1.29 is 4.42 Å². The molecule has 0 aliphatic heterocycles. The Balaban J connectivity index is 1.57. The minimum Gasteiger partial charge on any atom is -0.443 e. The topological polar surface area (TPSA) is 92.6 Å². The largest absolute Gasteiger partial charge is 0.443 e. The molecule has 8 heteroatoms. The summed E-state index contributed by atoms with van der Waals surface area (Å²) in [6, 6.07) is 5.80. The lowest BCUT2D eigenvalue weighted by molar-refractivity contribution is 0.379. The number of pyridine rings is 1. The van der Waals surface area contributed by atoms with Gasteiger partial charge in [-0.3, -0.25) is 9.39 Å². The van der Waals surface area contributed by atoms with Crippen LogP contribution >= 0.6 is 0 Å². The van der Waals surface area contributed by atoms with E-state index in [1.54, 1.807) is 13.2 Å². The molecule has 3 rings (SSSR count). The van der Waals surface area contributed by atoms with Gasteiger partial charge >= 0.3 is 0 Å². The quantitative estimate of drug-likeness (QED) is 0.556. The van der Waals surface area contributed by atoms with Gasteiger partial charge in [0.05, 0.1) is 19.3 Å². The number of hydrogen-bond acceptors (Lipinski definition) is 5. The molecule has 0 aliphatic carbocycles. The summed E-state index contributed by atoms with van der Waals surface area (Å²) in [6.45, 7) is 7.23. The first-order chi connectivity index (χ1) is 12.0. The molecule has 3 heterocycles.